The highest BCUT2D eigenvalue weighted by Gasteiger charge is 2.27. The summed E-state index contributed by atoms with van der Waals surface area (Å²) in [5.74, 6) is -2.27. The Kier molecular flexibility index (Phi) is 3.91. The highest BCUT2D eigenvalue weighted by molar-refractivity contribution is 6.61. The number of fused-ring (bicyclic) bond motifs is 1. The molecule has 4 nitrogen and oxygen atoms in total. The molecule has 1 aliphatic rings. The summed E-state index contributed by atoms with van der Waals surface area (Å²) in [6, 6.07) is 8.13. The summed E-state index contributed by atoms with van der Waals surface area (Å²) >= 11 is 0. The van der Waals surface area contributed by atoms with Gasteiger partial charge < -0.3 is 15.0 Å². The normalized spacial score (nSPS) is 13.1. The van der Waals surface area contributed by atoms with Gasteiger partial charge in [-0.2, -0.15) is 0 Å². The number of hydrogen-bond donors (Lipinski definition) is 2. The Hall–Kier alpha value is -2.25. The van der Waals surface area contributed by atoms with Crippen LogP contribution in [0.15, 0.2) is 36.4 Å². The van der Waals surface area contributed by atoms with E-state index >= 15 is 0 Å². The number of amides is 1. The Balaban J connectivity index is 1.70. The zero-order valence-electron chi connectivity index (χ0n) is 11.5. The van der Waals surface area contributed by atoms with Gasteiger partial charge >= 0.3 is 7.12 Å². The van der Waals surface area contributed by atoms with E-state index in [1.807, 2.05) is 6.07 Å². The summed E-state index contributed by atoms with van der Waals surface area (Å²) in [5.41, 5.74) is 2.09. The lowest BCUT2D eigenvalue weighted by Gasteiger charge is -2.08. The lowest BCUT2D eigenvalue weighted by Crippen LogP contribution is -2.29. The van der Waals surface area contributed by atoms with Gasteiger partial charge in [0, 0.05) is 12.6 Å². The molecule has 0 bridgehead atoms. The SMILES string of the molecule is O=C(NCc1ccc2c(c1)B(O)OC2)c1ccc(F)cc1F. The van der Waals surface area contributed by atoms with Crippen LogP contribution < -0.4 is 10.8 Å². The van der Waals surface area contributed by atoms with E-state index in [0.29, 0.717) is 18.1 Å². The predicted molar refractivity (Wildman–Crippen MR) is 76.4 cm³/mol. The molecule has 2 aromatic carbocycles. The Morgan fingerprint density at radius 3 is 2.86 bits per heavy atom. The molecular weight excluding hydrogens is 291 g/mol. The molecule has 0 saturated carbocycles. The maximum absolute atomic E-state index is 13.5. The van der Waals surface area contributed by atoms with Crippen LogP contribution in [0.3, 0.4) is 0 Å². The number of carbonyl (C=O) groups is 1. The summed E-state index contributed by atoms with van der Waals surface area (Å²) in [6.07, 6.45) is 0. The average Bonchev–Trinajstić information content (AvgIpc) is 2.86. The van der Waals surface area contributed by atoms with E-state index in [4.69, 9.17) is 4.65 Å². The first-order chi connectivity index (χ1) is 10.5. The molecular formula is C15H12BF2NO3. The first-order valence-corrected chi connectivity index (χ1v) is 6.69. The Bertz CT molecular complexity index is 739. The second kappa shape index (κ2) is 5.86. The summed E-state index contributed by atoms with van der Waals surface area (Å²) in [4.78, 5) is 11.9. The molecule has 1 heterocycles. The Morgan fingerprint density at radius 1 is 1.27 bits per heavy atom. The molecule has 0 aromatic heterocycles. The van der Waals surface area contributed by atoms with Crippen LogP contribution in [-0.4, -0.2) is 18.0 Å². The van der Waals surface area contributed by atoms with Gasteiger partial charge in [-0.25, -0.2) is 8.78 Å². The molecule has 2 aromatic rings. The van der Waals surface area contributed by atoms with E-state index in [-0.39, 0.29) is 12.1 Å². The van der Waals surface area contributed by atoms with Crippen molar-refractivity contribution >= 4 is 18.5 Å². The standard InChI is InChI=1S/C15H12BF2NO3/c17-11-3-4-12(14(18)6-11)15(20)19-7-9-1-2-10-8-22-16(21)13(10)5-9/h1-6,21H,7-8H2,(H,19,20). The lowest BCUT2D eigenvalue weighted by molar-refractivity contribution is 0.0947. The quantitative estimate of drug-likeness (QED) is 0.835. The van der Waals surface area contributed by atoms with Gasteiger partial charge in [0.15, 0.2) is 0 Å². The highest BCUT2D eigenvalue weighted by Crippen LogP contribution is 2.12. The Labute approximate surface area is 125 Å². The van der Waals surface area contributed by atoms with Crippen LogP contribution in [0.5, 0.6) is 0 Å². The highest BCUT2D eigenvalue weighted by atomic mass is 19.1. The van der Waals surface area contributed by atoms with Crippen LogP contribution in [-0.2, 0) is 17.8 Å². The fourth-order valence-electron chi connectivity index (χ4n) is 2.33. The van der Waals surface area contributed by atoms with E-state index in [0.717, 1.165) is 23.3 Å². The van der Waals surface area contributed by atoms with E-state index in [9.17, 15) is 18.6 Å². The summed E-state index contributed by atoms with van der Waals surface area (Å²) < 4.78 is 31.4. The Morgan fingerprint density at radius 2 is 2.09 bits per heavy atom. The van der Waals surface area contributed by atoms with Crippen molar-refractivity contribution in [2.45, 2.75) is 13.2 Å². The molecule has 1 aliphatic heterocycles. The average molecular weight is 303 g/mol. The topological polar surface area (TPSA) is 58.6 Å². The van der Waals surface area contributed by atoms with Crippen LogP contribution in [0.1, 0.15) is 21.5 Å². The molecule has 0 unspecified atom stereocenters. The first-order valence-electron chi connectivity index (χ1n) is 6.69. The maximum Gasteiger partial charge on any atom is 0.491 e. The van der Waals surface area contributed by atoms with Crippen molar-refractivity contribution in [2.75, 3.05) is 0 Å². The lowest BCUT2D eigenvalue weighted by atomic mass is 9.79. The van der Waals surface area contributed by atoms with Crippen molar-refractivity contribution in [1.82, 2.24) is 5.32 Å². The molecule has 3 rings (SSSR count). The third-order valence-corrected chi connectivity index (χ3v) is 3.50. The number of nitrogens with one attached hydrogen (secondary N) is 1. The molecule has 1 amide bonds. The molecule has 22 heavy (non-hydrogen) atoms. The molecule has 0 radical (unpaired) electrons. The van der Waals surface area contributed by atoms with Crippen LogP contribution in [0.25, 0.3) is 0 Å². The maximum atomic E-state index is 13.5. The van der Waals surface area contributed by atoms with Crippen molar-refractivity contribution in [3.05, 3.63) is 64.7 Å². The molecule has 0 spiro atoms. The van der Waals surface area contributed by atoms with Crippen molar-refractivity contribution in [1.29, 1.82) is 0 Å². The minimum Gasteiger partial charge on any atom is -0.423 e. The van der Waals surface area contributed by atoms with Gasteiger partial charge in [0.1, 0.15) is 11.6 Å². The summed E-state index contributed by atoms with van der Waals surface area (Å²) in [7, 11) is -0.958. The predicted octanol–water partition coefficient (Wildman–Crippen LogP) is 1.11. The van der Waals surface area contributed by atoms with Gasteiger partial charge in [-0.15, -0.1) is 0 Å². The van der Waals surface area contributed by atoms with Gasteiger partial charge in [-0.05, 0) is 28.7 Å². The molecule has 112 valence electrons. The van der Waals surface area contributed by atoms with Crippen LogP contribution in [0.4, 0.5) is 8.78 Å². The molecule has 0 atom stereocenters. The number of benzene rings is 2. The fraction of sp³-hybridized carbons (Fsp3) is 0.133. The number of rotatable bonds is 3. The third-order valence-electron chi connectivity index (χ3n) is 3.50. The molecule has 2 N–H and O–H groups in total. The van der Waals surface area contributed by atoms with Crippen LogP contribution in [0.2, 0.25) is 0 Å². The van der Waals surface area contributed by atoms with Crippen molar-refractivity contribution in [3.8, 4) is 0 Å². The number of hydrogen-bond acceptors (Lipinski definition) is 3. The van der Waals surface area contributed by atoms with Crippen molar-refractivity contribution < 1.29 is 23.3 Å². The van der Waals surface area contributed by atoms with Gasteiger partial charge in [0.25, 0.3) is 5.91 Å². The number of carbonyl (C=O) groups excluding carboxylic acids is 1. The third kappa shape index (κ3) is 2.86. The molecule has 0 fully saturated rings. The van der Waals surface area contributed by atoms with Gasteiger partial charge in [-0.1, -0.05) is 18.2 Å². The number of halogens is 2. The van der Waals surface area contributed by atoms with Crippen LogP contribution >= 0.6 is 0 Å². The minimum atomic E-state index is -0.958. The first kappa shape index (κ1) is 14.7. The summed E-state index contributed by atoms with van der Waals surface area (Å²) in [5, 5.41) is 12.2. The molecule has 0 saturated heterocycles. The zero-order chi connectivity index (χ0) is 15.7. The van der Waals surface area contributed by atoms with Crippen molar-refractivity contribution in [3.63, 3.8) is 0 Å². The van der Waals surface area contributed by atoms with E-state index in [2.05, 4.69) is 5.32 Å². The van der Waals surface area contributed by atoms with Gasteiger partial charge in [0.2, 0.25) is 0 Å². The fourth-order valence-corrected chi connectivity index (χ4v) is 2.33. The zero-order valence-corrected chi connectivity index (χ0v) is 11.5. The summed E-state index contributed by atoms with van der Waals surface area (Å²) in [6.45, 7) is 0.513. The van der Waals surface area contributed by atoms with E-state index in [1.54, 1.807) is 12.1 Å². The largest absolute Gasteiger partial charge is 0.491 e. The van der Waals surface area contributed by atoms with Gasteiger partial charge in [0.05, 0.1) is 12.2 Å². The minimum absolute atomic E-state index is 0.162. The van der Waals surface area contributed by atoms with Crippen LogP contribution in [0, 0.1) is 11.6 Å². The van der Waals surface area contributed by atoms with Gasteiger partial charge in [-0.3, -0.25) is 4.79 Å². The molecule has 7 heteroatoms. The molecule has 0 aliphatic carbocycles. The van der Waals surface area contributed by atoms with E-state index in [1.165, 1.54) is 0 Å². The monoisotopic (exact) mass is 303 g/mol. The second-order valence-electron chi connectivity index (χ2n) is 5.00. The van der Waals surface area contributed by atoms with Crippen molar-refractivity contribution in [2.24, 2.45) is 0 Å². The van der Waals surface area contributed by atoms with E-state index < -0.39 is 24.7 Å². The second-order valence-corrected chi connectivity index (χ2v) is 5.00. The smallest absolute Gasteiger partial charge is 0.423 e.